The summed E-state index contributed by atoms with van der Waals surface area (Å²) in [5.74, 6) is 2.21. The van der Waals surface area contributed by atoms with Crippen molar-refractivity contribution in [2.75, 3.05) is 13.7 Å². The molecule has 2 aliphatic rings. The molecule has 0 radical (unpaired) electrons. The maximum Gasteiger partial charge on any atom is 0.229 e. The summed E-state index contributed by atoms with van der Waals surface area (Å²) in [6.07, 6.45) is 5.58. The molecule has 0 aromatic heterocycles. The minimum absolute atomic E-state index is 0.0472. The van der Waals surface area contributed by atoms with Crippen molar-refractivity contribution in [3.8, 4) is 16.9 Å². The molecule has 0 bridgehead atoms. The van der Waals surface area contributed by atoms with Crippen molar-refractivity contribution in [2.24, 2.45) is 11.8 Å². The normalized spacial score (nSPS) is 21.2. The number of hydrogen-bond acceptors (Lipinski definition) is 2. The van der Waals surface area contributed by atoms with E-state index in [1.165, 1.54) is 12.8 Å². The third-order valence-electron chi connectivity index (χ3n) is 7.30. The molecule has 0 spiro atoms. The molecule has 2 aliphatic carbocycles. The second kappa shape index (κ2) is 8.64. The second-order valence-electron chi connectivity index (χ2n) is 10.00. The number of nitrogens with one attached hydrogen (secondary N) is 1. The van der Waals surface area contributed by atoms with E-state index in [2.05, 4.69) is 12.2 Å². The maximum atomic E-state index is 15.0. The molecule has 2 aromatic carbocycles. The van der Waals surface area contributed by atoms with E-state index in [0.29, 0.717) is 12.5 Å². The van der Waals surface area contributed by atoms with Gasteiger partial charge < -0.3 is 10.1 Å². The quantitative estimate of drug-likeness (QED) is 0.575. The molecular formula is C27H34FNO2. The molecule has 2 fully saturated rings. The van der Waals surface area contributed by atoms with Crippen LogP contribution in [0.3, 0.4) is 0 Å². The highest BCUT2D eigenvalue weighted by Crippen LogP contribution is 2.45. The Morgan fingerprint density at radius 3 is 2.52 bits per heavy atom. The minimum Gasteiger partial charge on any atom is -0.493 e. The van der Waals surface area contributed by atoms with Crippen molar-refractivity contribution in [3.05, 3.63) is 53.3 Å². The molecule has 1 amide bonds. The van der Waals surface area contributed by atoms with Crippen molar-refractivity contribution >= 4 is 5.91 Å². The van der Waals surface area contributed by atoms with E-state index in [1.807, 2.05) is 38.1 Å². The Morgan fingerprint density at radius 2 is 1.90 bits per heavy atom. The predicted molar refractivity (Wildman–Crippen MR) is 123 cm³/mol. The number of carbonyl (C=O) groups excluding carboxylic acids is 1. The predicted octanol–water partition coefficient (Wildman–Crippen LogP) is 6.21. The van der Waals surface area contributed by atoms with Crippen LogP contribution in [0.5, 0.6) is 5.75 Å². The van der Waals surface area contributed by atoms with Crippen LogP contribution in [-0.2, 0) is 10.2 Å². The highest BCUT2D eigenvalue weighted by Gasteiger charge is 2.32. The molecule has 3 nitrogen and oxygen atoms in total. The van der Waals surface area contributed by atoms with Gasteiger partial charge in [0.2, 0.25) is 5.91 Å². The van der Waals surface area contributed by atoms with Crippen LogP contribution >= 0.6 is 0 Å². The van der Waals surface area contributed by atoms with Crippen molar-refractivity contribution < 1.29 is 13.9 Å². The molecule has 0 atom stereocenters. The van der Waals surface area contributed by atoms with E-state index in [4.69, 9.17) is 4.74 Å². The molecule has 0 saturated heterocycles. The van der Waals surface area contributed by atoms with Gasteiger partial charge in [-0.3, -0.25) is 4.79 Å². The van der Waals surface area contributed by atoms with Crippen molar-refractivity contribution in [1.82, 2.24) is 5.32 Å². The Bertz CT molecular complexity index is 958. The summed E-state index contributed by atoms with van der Waals surface area (Å²) < 4.78 is 21.3. The van der Waals surface area contributed by atoms with Crippen LogP contribution in [0.1, 0.15) is 69.9 Å². The van der Waals surface area contributed by atoms with Crippen LogP contribution in [0.4, 0.5) is 4.39 Å². The molecule has 4 rings (SSSR count). The van der Waals surface area contributed by atoms with E-state index in [9.17, 15) is 9.18 Å². The monoisotopic (exact) mass is 423 g/mol. The number of halogens is 1. The second-order valence-corrected chi connectivity index (χ2v) is 10.00. The van der Waals surface area contributed by atoms with Gasteiger partial charge in [0.1, 0.15) is 11.6 Å². The smallest absolute Gasteiger partial charge is 0.229 e. The lowest BCUT2D eigenvalue weighted by molar-refractivity contribution is -0.125. The van der Waals surface area contributed by atoms with Gasteiger partial charge in [-0.15, -0.1) is 0 Å². The summed E-state index contributed by atoms with van der Waals surface area (Å²) >= 11 is 0. The zero-order valence-corrected chi connectivity index (χ0v) is 19.1. The van der Waals surface area contributed by atoms with Gasteiger partial charge in [-0.1, -0.05) is 31.5 Å². The van der Waals surface area contributed by atoms with Gasteiger partial charge in [-0.25, -0.2) is 4.39 Å². The Hall–Kier alpha value is -2.36. The fourth-order valence-electron chi connectivity index (χ4n) is 5.00. The summed E-state index contributed by atoms with van der Waals surface area (Å²) in [6, 6.07) is 11.3. The molecule has 31 heavy (non-hydrogen) atoms. The zero-order valence-electron chi connectivity index (χ0n) is 19.1. The van der Waals surface area contributed by atoms with Crippen molar-refractivity contribution in [1.29, 1.82) is 0 Å². The summed E-state index contributed by atoms with van der Waals surface area (Å²) in [6.45, 7) is 6.79. The number of likely N-dealkylation sites (N-methyl/N-ethyl adjacent to an activating group) is 1. The third-order valence-corrected chi connectivity index (χ3v) is 7.30. The van der Waals surface area contributed by atoms with E-state index in [1.54, 1.807) is 19.2 Å². The summed E-state index contributed by atoms with van der Waals surface area (Å²) in [5, 5.41) is 2.76. The van der Waals surface area contributed by atoms with Gasteiger partial charge in [0.15, 0.2) is 0 Å². The number of amides is 1. The van der Waals surface area contributed by atoms with Gasteiger partial charge in [-0.05, 0) is 92.2 Å². The molecule has 4 heteroatoms. The van der Waals surface area contributed by atoms with Crippen LogP contribution in [0.15, 0.2) is 36.4 Å². The lowest BCUT2D eigenvalue weighted by atomic mass is 9.76. The van der Waals surface area contributed by atoms with Crippen molar-refractivity contribution in [3.63, 3.8) is 0 Å². The van der Waals surface area contributed by atoms with E-state index in [0.717, 1.165) is 53.2 Å². The first kappa shape index (κ1) is 21.9. The topological polar surface area (TPSA) is 38.3 Å². The molecule has 0 heterocycles. The molecule has 1 N–H and O–H groups in total. The fraction of sp³-hybridized carbons (Fsp3) is 0.519. The van der Waals surface area contributed by atoms with Crippen LogP contribution in [0, 0.1) is 17.7 Å². The third kappa shape index (κ3) is 4.22. The van der Waals surface area contributed by atoms with Crippen LogP contribution in [0.2, 0.25) is 0 Å². The molecular weight excluding hydrogens is 389 g/mol. The maximum absolute atomic E-state index is 15.0. The van der Waals surface area contributed by atoms with E-state index < -0.39 is 5.41 Å². The molecule has 2 aromatic rings. The van der Waals surface area contributed by atoms with Crippen LogP contribution in [0.25, 0.3) is 11.1 Å². The first-order chi connectivity index (χ1) is 14.8. The Labute approximate surface area is 185 Å². The zero-order chi connectivity index (χ0) is 22.2. The van der Waals surface area contributed by atoms with Gasteiger partial charge >= 0.3 is 0 Å². The highest BCUT2D eigenvalue weighted by molar-refractivity contribution is 5.88. The van der Waals surface area contributed by atoms with Gasteiger partial charge in [0.05, 0.1) is 12.0 Å². The summed E-state index contributed by atoms with van der Waals surface area (Å²) in [5.41, 5.74) is 2.79. The molecule has 2 saturated carbocycles. The van der Waals surface area contributed by atoms with Crippen LogP contribution in [-0.4, -0.2) is 19.6 Å². The number of carbonyl (C=O) groups is 1. The van der Waals surface area contributed by atoms with Crippen LogP contribution < -0.4 is 10.1 Å². The minimum atomic E-state index is -0.699. The number of ether oxygens (including phenoxy) is 1. The molecule has 0 unspecified atom stereocenters. The van der Waals surface area contributed by atoms with Gasteiger partial charge in [-0.2, -0.15) is 0 Å². The van der Waals surface area contributed by atoms with E-state index >= 15 is 0 Å². The summed E-state index contributed by atoms with van der Waals surface area (Å²) in [7, 11) is 1.66. The van der Waals surface area contributed by atoms with Crippen molar-refractivity contribution in [2.45, 2.75) is 64.2 Å². The lowest BCUT2D eigenvalue weighted by Gasteiger charge is -2.33. The Balaban J connectivity index is 1.77. The average molecular weight is 424 g/mol. The van der Waals surface area contributed by atoms with Gasteiger partial charge in [0, 0.05) is 12.6 Å². The molecule has 166 valence electrons. The Kier molecular flexibility index (Phi) is 6.09. The summed E-state index contributed by atoms with van der Waals surface area (Å²) in [4.78, 5) is 12.5. The number of hydrogen-bond donors (Lipinski definition) is 1. The molecule has 0 aliphatic heterocycles. The lowest BCUT2D eigenvalue weighted by Crippen LogP contribution is -2.38. The van der Waals surface area contributed by atoms with Gasteiger partial charge in [0.25, 0.3) is 0 Å². The average Bonchev–Trinajstić information content (AvgIpc) is 2.69. The SMILES string of the molecule is CNC(=O)C(C)(C)c1ccc(OCC2CC(C)C2)c(-c2cccc(F)c2C2CCC2)c1. The number of rotatable bonds is 7. The standard InChI is InChI=1S/C27H34FNO2/c1-17-13-18(14-17)16-31-24-12-11-20(27(2,3)26(30)29-4)15-22(24)21-9-6-10-23(28)25(21)19-7-5-8-19/h6,9-12,15,17-19H,5,7-8,13-14,16H2,1-4H3,(H,29,30). The Morgan fingerprint density at radius 1 is 1.16 bits per heavy atom. The highest BCUT2D eigenvalue weighted by atomic mass is 19.1. The van der Waals surface area contributed by atoms with E-state index in [-0.39, 0.29) is 17.6 Å². The fourth-order valence-corrected chi connectivity index (χ4v) is 5.00. The first-order valence-electron chi connectivity index (χ1n) is 11.6. The first-order valence-corrected chi connectivity index (χ1v) is 11.6. The largest absolute Gasteiger partial charge is 0.493 e. The number of benzene rings is 2.